The van der Waals surface area contributed by atoms with Crippen molar-refractivity contribution in [2.24, 2.45) is 0 Å². The van der Waals surface area contributed by atoms with Gasteiger partial charge in [-0.1, -0.05) is 36.4 Å². The number of benzene rings is 3. The Morgan fingerprint density at radius 2 is 1.59 bits per heavy atom. The van der Waals surface area contributed by atoms with Crippen LogP contribution in [-0.2, 0) is 9.59 Å². The van der Waals surface area contributed by atoms with Gasteiger partial charge < -0.3 is 24.4 Å². The van der Waals surface area contributed by atoms with Crippen molar-refractivity contribution < 1.29 is 23.8 Å². The van der Waals surface area contributed by atoms with Gasteiger partial charge in [0.25, 0.3) is 5.91 Å². The van der Waals surface area contributed by atoms with Gasteiger partial charge in [-0.15, -0.1) is 0 Å². The lowest BCUT2D eigenvalue weighted by molar-refractivity contribution is -0.125. The van der Waals surface area contributed by atoms with Crippen LogP contribution in [0.15, 0.2) is 78.9 Å². The summed E-state index contributed by atoms with van der Waals surface area (Å²) in [5.41, 5.74) is 1.24. The number of fused-ring (bicyclic) bond motifs is 1. The lowest BCUT2D eigenvalue weighted by Gasteiger charge is -2.33. The van der Waals surface area contributed by atoms with E-state index in [2.05, 4.69) is 5.32 Å². The molecule has 1 unspecified atom stereocenters. The molecule has 1 atom stereocenters. The normalized spacial score (nSPS) is 14.7. The van der Waals surface area contributed by atoms with Gasteiger partial charge in [0.2, 0.25) is 5.91 Å². The molecule has 7 nitrogen and oxygen atoms in total. The predicted molar refractivity (Wildman–Crippen MR) is 131 cm³/mol. The molecular weight excluding hydrogens is 432 g/mol. The SMILES string of the molecule is CC1Oc2ccc(NC(=O)CCOc3ccccc3)cc2N(CCCOc2ccccc2)C1=O. The van der Waals surface area contributed by atoms with Gasteiger partial charge in [0, 0.05) is 12.2 Å². The fraction of sp³-hybridized carbons (Fsp3) is 0.259. The number of nitrogens with one attached hydrogen (secondary N) is 1. The lowest BCUT2D eigenvalue weighted by Crippen LogP contribution is -2.45. The van der Waals surface area contributed by atoms with Crippen LogP contribution < -0.4 is 24.4 Å². The first kappa shape index (κ1) is 23.2. The van der Waals surface area contributed by atoms with Gasteiger partial charge in [0.15, 0.2) is 6.10 Å². The number of carbonyl (C=O) groups is 2. The number of hydrogen-bond donors (Lipinski definition) is 1. The maximum atomic E-state index is 12.8. The van der Waals surface area contributed by atoms with Crippen LogP contribution in [-0.4, -0.2) is 37.7 Å². The molecule has 7 heteroatoms. The van der Waals surface area contributed by atoms with Gasteiger partial charge in [-0.3, -0.25) is 9.59 Å². The molecule has 0 saturated carbocycles. The van der Waals surface area contributed by atoms with E-state index in [0.717, 1.165) is 11.5 Å². The molecule has 0 aromatic heterocycles. The fourth-order valence-electron chi connectivity index (χ4n) is 3.65. The summed E-state index contributed by atoms with van der Waals surface area (Å²) in [5.74, 6) is 1.84. The zero-order chi connectivity index (χ0) is 23.8. The molecule has 1 heterocycles. The standard InChI is InChI=1S/C27H28N2O5/c1-20-27(31)29(16-8-17-32-22-9-4-2-5-10-22)24-19-21(13-14-25(24)34-20)28-26(30)15-18-33-23-11-6-3-7-12-23/h2-7,9-14,19-20H,8,15-18H2,1H3,(H,28,30). The monoisotopic (exact) mass is 460 g/mol. The van der Waals surface area contributed by atoms with Gasteiger partial charge in [-0.05, 0) is 55.8 Å². The van der Waals surface area contributed by atoms with Crippen molar-refractivity contribution >= 4 is 23.2 Å². The number of rotatable bonds is 10. The highest BCUT2D eigenvalue weighted by Gasteiger charge is 2.31. The van der Waals surface area contributed by atoms with Gasteiger partial charge in [0.05, 0.1) is 25.3 Å². The number of anilines is 2. The molecule has 1 aliphatic heterocycles. The summed E-state index contributed by atoms with van der Waals surface area (Å²) in [6, 6.07) is 24.3. The molecular formula is C27H28N2O5. The van der Waals surface area contributed by atoms with Crippen molar-refractivity contribution in [2.45, 2.75) is 25.9 Å². The van der Waals surface area contributed by atoms with Crippen LogP contribution in [0.1, 0.15) is 19.8 Å². The quantitative estimate of drug-likeness (QED) is 0.445. The van der Waals surface area contributed by atoms with Crippen molar-refractivity contribution in [2.75, 3.05) is 30.0 Å². The number of ether oxygens (including phenoxy) is 3. The van der Waals surface area contributed by atoms with Crippen LogP contribution in [0.5, 0.6) is 17.2 Å². The first-order valence-electron chi connectivity index (χ1n) is 11.4. The molecule has 2 amide bonds. The van der Waals surface area contributed by atoms with E-state index in [0.29, 0.717) is 36.7 Å². The molecule has 0 spiro atoms. The van der Waals surface area contributed by atoms with E-state index in [1.165, 1.54) is 0 Å². The van der Waals surface area contributed by atoms with E-state index < -0.39 is 6.10 Å². The van der Waals surface area contributed by atoms with E-state index in [-0.39, 0.29) is 24.8 Å². The summed E-state index contributed by atoms with van der Waals surface area (Å²) in [6.45, 7) is 2.97. The minimum absolute atomic E-state index is 0.119. The number of carbonyl (C=O) groups excluding carboxylic acids is 2. The Bertz CT molecular complexity index is 1100. The Morgan fingerprint density at radius 3 is 2.26 bits per heavy atom. The van der Waals surface area contributed by atoms with Crippen molar-refractivity contribution in [1.29, 1.82) is 0 Å². The minimum atomic E-state index is -0.571. The zero-order valence-corrected chi connectivity index (χ0v) is 19.1. The summed E-state index contributed by atoms with van der Waals surface area (Å²) in [5, 5.41) is 2.88. The third-order valence-electron chi connectivity index (χ3n) is 5.33. The van der Waals surface area contributed by atoms with Crippen LogP contribution in [0.25, 0.3) is 0 Å². The fourth-order valence-corrected chi connectivity index (χ4v) is 3.65. The Balaban J connectivity index is 1.34. The Labute approximate surface area is 199 Å². The van der Waals surface area contributed by atoms with Gasteiger partial charge >= 0.3 is 0 Å². The highest BCUT2D eigenvalue weighted by molar-refractivity contribution is 6.01. The van der Waals surface area contributed by atoms with E-state index in [9.17, 15) is 9.59 Å². The van der Waals surface area contributed by atoms with Crippen molar-refractivity contribution in [3.8, 4) is 17.2 Å². The lowest BCUT2D eigenvalue weighted by atomic mass is 10.1. The molecule has 3 aromatic rings. The summed E-state index contributed by atoms with van der Waals surface area (Å²) in [7, 11) is 0. The van der Waals surface area contributed by atoms with Crippen LogP contribution in [0, 0.1) is 0 Å². The number of amides is 2. The van der Waals surface area contributed by atoms with Gasteiger partial charge in [0.1, 0.15) is 17.2 Å². The summed E-state index contributed by atoms with van der Waals surface area (Å²) >= 11 is 0. The molecule has 3 aromatic carbocycles. The van der Waals surface area contributed by atoms with E-state index in [1.807, 2.05) is 60.7 Å². The molecule has 4 rings (SSSR count). The molecule has 0 fully saturated rings. The second kappa shape index (κ2) is 11.2. The third kappa shape index (κ3) is 6.07. The van der Waals surface area contributed by atoms with E-state index in [1.54, 1.807) is 30.0 Å². The second-order valence-corrected chi connectivity index (χ2v) is 7.91. The Kier molecular flexibility index (Phi) is 7.65. The van der Waals surface area contributed by atoms with Crippen LogP contribution in [0.4, 0.5) is 11.4 Å². The molecule has 0 radical (unpaired) electrons. The number of nitrogens with zero attached hydrogens (tertiary/aromatic N) is 1. The van der Waals surface area contributed by atoms with Crippen molar-refractivity contribution in [3.63, 3.8) is 0 Å². The molecule has 1 aliphatic rings. The minimum Gasteiger partial charge on any atom is -0.494 e. The summed E-state index contributed by atoms with van der Waals surface area (Å²) in [6.07, 6.45) is 0.289. The third-order valence-corrected chi connectivity index (χ3v) is 5.33. The molecule has 0 bridgehead atoms. The Hall–Kier alpha value is -4.00. The van der Waals surface area contributed by atoms with Crippen molar-refractivity contribution in [1.82, 2.24) is 0 Å². The van der Waals surface area contributed by atoms with Crippen LogP contribution in [0.3, 0.4) is 0 Å². The highest BCUT2D eigenvalue weighted by atomic mass is 16.5. The smallest absolute Gasteiger partial charge is 0.267 e. The largest absolute Gasteiger partial charge is 0.494 e. The van der Waals surface area contributed by atoms with Gasteiger partial charge in [-0.25, -0.2) is 0 Å². The molecule has 1 N–H and O–H groups in total. The van der Waals surface area contributed by atoms with Crippen LogP contribution in [0.2, 0.25) is 0 Å². The second-order valence-electron chi connectivity index (χ2n) is 7.91. The maximum Gasteiger partial charge on any atom is 0.267 e. The van der Waals surface area contributed by atoms with E-state index in [4.69, 9.17) is 14.2 Å². The predicted octanol–water partition coefficient (Wildman–Crippen LogP) is 4.68. The molecule has 34 heavy (non-hydrogen) atoms. The van der Waals surface area contributed by atoms with Gasteiger partial charge in [-0.2, -0.15) is 0 Å². The van der Waals surface area contributed by atoms with Crippen LogP contribution >= 0.6 is 0 Å². The highest BCUT2D eigenvalue weighted by Crippen LogP contribution is 2.36. The maximum absolute atomic E-state index is 12.8. The molecule has 176 valence electrons. The first-order chi connectivity index (χ1) is 16.6. The first-order valence-corrected chi connectivity index (χ1v) is 11.4. The molecule has 0 saturated heterocycles. The summed E-state index contributed by atoms with van der Waals surface area (Å²) < 4.78 is 17.1. The number of para-hydroxylation sites is 2. The summed E-state index contributed by atoms with van der Waals surface area (Å²) in [4.78, 5) is 26.9. The molecule has 0 aliphatic carbocycles. The zero-order valence-electron chi connectivity index (χ0n) is 19.1. The number of hydrogen-bond acceptors (Lipinski definition) is 5. The van der Waals surface area contributed by atoms with E-state index >= 15 is 0 Å². The average Bonchev–Trinajstić information content (AvgIpc) is 2.85. The topological polar surface area (TPSA) is 77.1 Å². The average molecular weight is 461 g/mol. The van der Waals surface area contributed by atoms with Crippen molar-refractivity contribution in [3.05, 3.63) is 78.9 Å². The Morgan fingerprint density at radius 1 is 0.941 bits per heavy atom.